The van der Waals surface area contributed by atoms with Crippen molar-refractivity contribution >= 4 is 17.6 Å². The Labute approximate surface area is 134 Å². The first kappa shape index (κ1) is 16.3. The van der Waals surface area contributed by atoms with E-state index in [0.717, 1.165) is 5.56 Å². The van der Waals surface area contributed by atoms with E-state index in [4.69, 9.17) is 11.6 Å². The van der Waals surface area contributed by atoms with Crippen molar-refractivity contribution in [1.82, 2.24) is 25.6 Å². The summed E-state index contributed by atoms with van der Waals surface area (Å²) in [5.41, 5.74) is 0.922. The Hall–Kier alpha value is -2.08. The summed E-state index contributed by atoms with van der Waals surface area (Å²) in [5, 5.41) is 14.0. The molecule has 0 radical (unpaired) electrons. The summed E-state index contributed by atoms with van der Waals surface area (Å²) in [6.07, 6.45) is 3.35. The van der Waals surface area contributed by atoms with Crippen LogP contribution in [0.2, 0.25) is 5.02 Å². The molecule has 118 valence electrons. The van der Waals surface area contributed by atoms with Gasteiger partial charge in [-0.1, -0.05) is 48.9 Å². The molecular formula is C15H20ClN5O. The third-order valence-corrected chi connectivity index (χ3v) is 3.64. The van der Waals surface area contributed by atoms with Gasteiger partial charge in [-0.05, 0) is 17.5 Å². The van der Waals surface area contributed by atoms with E-state index in [2.05, 4.69) is 20.9 Å². The van der Waals surface area contributed by atoms with Gasteiger partial charge >= 0.3 is 6.03 Å². The van der Waals surface area contributed by atoms with Crippen LogP contribution in [0.1, 0.15) is 25.5 Å². The fraction of sp³-hybridized carbons (Fsp3) is 0.400. The summed E-state index contributed by atoms with van der Waals surface area (Å²) in [6, 6.07) is 7.19. The van der Waals surface area contributed by atoms with Crippen LogP contribution in [0.5, 0.6) is 0 Å². The lowest BCUT2D eigenvalue weighted by Crippen LogP contribution is -2.41. The van der Waals surface area contributed by atoms with Gasteiger partial charge in [0.25, 0.3) is 0 Å². The number of urea groups is 1. The van der Waals surface area contributed by atoms with Gasteiger partial charge in [0.1, 0.15) is 0 Å². The summed E-state index contributed by atoms with van der Waals surface area (Å²) >= 11 is 6.23. The number of carbonyl (C=O) groups is 1. The molecule has 0 fully saturated rings. The zero-order chi connectivity index (χ0) is 15.9. The van der Waals surface area contributed by atoms with E-state index in [1.54, 1.807) is 17.1 Å². The third-order valence-electron chi connectivity index (χ3n) is 3.29. The standard InChI is InChI=1S/C15H20ClN5O/c1-11(2)14(12-5-3-4-6-13(12)16)19-15(22)17-7-9-21-10-8-18-20-21/h3-6,8,10-11,14H,7,9H2,1-2H3,(H2,17,19,22). The van der Waals surface area contributed by atoms with Gasteiger partial charge < -0.3 is 10.6 Å². The van der Waals surface area contributed by atoms with Crippen molar-refractivity contribution in [2.75, 3.05) is 6.54 Å². The molecule has 0 bridgehead atoms. The van der Waals surface area contributed by atoms with Crippen LogP contribution < -0.4 is 10.6 Å². The topological polar surface area (TPSA) is 71.8 Å². The predicted octanol–water partition coefficient (Wildman–Crippen LogP) is 2.63. The second kappa shape index (κ2) is 7.79. The number of benzene rings is 1. The van der Waals surface area contributed by atoms with Crippen LogP contribution in [-0.4, -0.2) is 27.6 Å². The van der Waals surface area contributed by atoms with Gasteiger partial charge in [-0.2, -0.15) is 0 Å². The second-order valence-corrected chi connectivity index (χ2v) is 5.72. The highest BCUT2D eigenvalue weighted by Gasteiger charge is 2.20. The molecule has 0 aliphatic carbocycles. The van der Waals surface area contributed by atoms with Gasteiger partial charge in [0.2, 0.25) is 0 Å². The summed E-state index contributed by atoms with van der Waals surface area (Å²) in [6.45, 7) is 5.14. The summed E-state index contributed by atoms with van der Waals surface area (Å²) in [4.78, 5) is 12.1. The average Bonchev–Trinajstić information content (AvgIpc) is 2.99. The Morgan fingerprint density at radius 1 is 1.36 bits per heavy atom. The first-order chi connectivity index (χ1) is 10.6. The quantitative estimate of drug-likeness (QED) is 0.859. The fourth-order valence-corrected chi connectivity index (χ4v) is 2.41. The number of halogens is 1. The first-order valence-corrected chi connectivity index (χ1v) is 7.58. The van der Waals surface area contributed by atoms with E-state index in [-0.39, 0.29) is 18.0 Å². The molecule has 1 aromatic heterocycles. The van der Waals surface area contributed by atoms with Gasteiger partial charge in [-0.25, -0.2) is 4.79 Å². The van der Waals surface area contributed by atoms with Crippen molar-refractivity contribution in [1.29, 1.82) is 0 Å². The average molecular weight is 322 g/mol. The van der Waals surface area contributed by atoms with Gasteiger partial charge in [0.15, 0.2) is 0 Å². The van der Waals surface area contributed by atoms with Gasteiger partial charge in [-0.15, -0.1) is 5.10 Å². The molecule has 1 aromatic carbocycles. The van der Waals surface area contributed by atoms with Crippen LogP contribution in [0.4, 0.5) is 4.79 Å². The van der Waals surface area contributed by atoms with Crippen LogP contribution in [0.25, 0.3) is 0 Å². The van der Waals surface area contributed by atoms with Gasteiger partial charge in [0, 0.05) is 17.8 Å². The summed E-state index contributed by atoms with van der Waals surface area (Å²) in [5.74, 6) is 0.223. The highest BCUT2D eigenvalue weighted by molar-refractivity contribution is 6.31. The Balaban J connectivity index is 1.90. The molecule has 7 heteroatoms. The number of rotatable bonds is 6. The molecule has 1 atom stereocenters. The van der Waals surface area contributed by atoms with E-state index in [1.807, 2.05) is 38.1 Å². The maximum Gasteiger partial charge on any atom is 0.315 e. The zero-order valence-electron chi connectivity index (χ0n) is 12.7. The molecule has 0 spiro atoms. The molecule has 6 nitrogen and oxygen atoms in total. The highest BCUT2D eigenvalue weighted by Crippen LogP contribution is 2.27. The van der Waals surface area contributed by atoms with Gasteiger partial charge in [-0.3, -0.25) is 4.68 Å². The maximum atomic E-state index is 12.1. The number of nitrogens with zero attached hydrogens (tertiary/aromatic N) is 3. The normalized spacial score (nSPS) is 12.2. The number of aromatic nitrogens is 3. The molecular weight excluding hydrogens is 302 g/mol. The highest BCUT2D eigenvalue weighted by atomic mass is 35.5. The van der Waals surface area contributed by atoms with Crippen LogP contribution in [0.15, 0.2) is 36.7 Å². The minimum atomic E-state index is -0.223. The van der Waals surface area contributed by atoms with E-state index < -0.39 is 0 Å². The zero-order valence-corrected chi connectivity index (χ0v) is 13.4. The lowest BCUT2D eigenvalue weighted by molar-refractivity contribution is 0.232. The lowest BCUT2D eigenvalue weighted by Gasteiger charge is -2.24. The second-order valence-electron chi connectivity index (χ2n) is 5.31. The molecule has 0 saturated carbocycles. The minimum absolute atomic E-state index is 0.139. The minimum Gasteiger partial charge on any atom is -0.336 e. The predicted molar refractivity (Wildman–Crippen MR) is 85.6 cm³/mol. The van der Waals surface area contributed by atoms with Crippen LogP contribution in [0.3, 0.4) is 0 Å². The monoisotopic (exact) mass is 321 g/mol. The Morgan fingerprint density at radius 3 is 2.77 bits per heavy atom. The van der Waals surface area contributed by atoms with E-state index in [9.17, 15) is 4.79 Å². The maximum absolute atomic E-state index is 12.1. The molecule has 1 unspecified atom stereocenters. The van der Waals surface area contributed by atoms with E-state index in [1.165, 1.54) is 0 Å². The number of hydrogen-bond acceptors (Lipinski definition) is 3. The van der Waals surface area contributed by atoms with Crippen molar-refractivity contribution in [2.45, 2.75) is 26.4 Å². The SMILES string of the molecule is CC(C)C(NC(=O)NCCn1ccnn1)c1ccccc1Cl. The van der Waals surface area contributed by atoms with Crippen molar-refractivity contribution in [3.8, 4) is 0 Å². The molecule has 2 rings (SSSR count). The number of carbonyl (C=O) groups excluding carboxylic acids is 1. The molecule has 2 amide bonds. The smallest absolute Gasteiger partial charge is 0.315 e. The molecule has 2 aromatic rings. The van der Waals surface area contributed by atoms with Crippen LogP contribution in [0, 0.1) is 5.92 Å². The van der Waals surface area contributed by atoms with E-state index in [0.29, 0.717) is 18.1 Å². The van der Waals surface area contributed by atoms with Gasteiger partial charge in [0.05, 0.1) is 18.8 Å². The Bertz CT molecular complexity index is 600. The van der Waals surface area contributed by atoms with Crippen LogP contribution >= 0.6 is 11.6 Å². The Morgan fingerprint density at radius 2 is 2.14 bits per heavy atom. The van der Waals surface area contributed by atoms with Crippen molar-refractivity contribution in [2.24, 2.45) is 5.92 Å². The largest absolute Gasteiger partial charge is 0.336 e. The molecule has 2 N–H and O–H groups in total. The van der Waals surface area contributed by atoms with Crippen molar-refractivity contribution < 1.29 is 4.79 Å². The fourth-order valence-electron chi connectivity index (χ4n) is 2.16. The first-order valence-electron chi connectivity index (χ1n) is 7.21. The summed E-state index contributed by atoms with van der Waals surface area (Å²) < 4.78 is 1.66. The molecule has 0 aliphatic heterocycles. The Kier molecular flexibility index (Phi) is 5.77. The number of amides is 2. The molecule has 22 heavy (non-hydrogen) atoms. The van der Waals surface area contributed by atoms with Crippen molar-refractivity contribution in [3.05, 3.63) is 47.2 Å². The van der Waals surface area contributed by atoms with Crippen molar-refractivity contribution in [3.63, 3.8) is 0 Å². The summed E-state index contributed by atoms with van der Waals surface area (Å²) in [7, 11) is 0. The van der Waals surface area contributed by atoms with E-state index >= 15 is 0 Å². The van der Waals surface area contributed by atoms with Crippen LogP contribution in [-0.2, 0) is 6.54 Å². The third kappa shape index (κ3) is 4.46. The lowest BCUT2D eigenvalue weighted by atomic mass is 9.96. The molecule has 0 saturated heterocycles. The number of nitrogens with one attached hydrogen (secondary N) is 2. The number of hydrogen-bond donors (Lipinski definition) is 2. The molecule has 0 aliphatic rings. The molecule has 1 heterocycles.